The summed E-state index contributed by atoms with van der Waals surface area (Å²) in [6, 6.07) is 32.7. The zero-order chi connectivity index (χ0) is 22.2. The molecule has 0 fully saturated rings. The molecule has 0 saturated carbocycles. The molecule has 0 saturated heterocycles. The molecule has 0 spiro atoms. The van der Waals surface area contributed by atoms with Gasteiger partial charge >= 0.3 is 0 Å². The quantitative estimate of drug-likeness (QED) is 0.264. The Morgan fingerprint density at radius 3 is 1.72 bits per heavy atom. The Kier molecular flexibility index (Phi) is 6.53. The van der Waals surface area contributed by atoms with E-state index in [1.807, 2.05) is 91.0 Å². The van der Waals surface area contributed by atoms with E-state index in [4.69, 9.17) is 4.74 Å². The highest BCUT2D eigenvalue weighted by Gasteiger charge is 2.07. The molecule has 0 aliphatic carbocycles. The molecule has 0 unspecified atom stereocenters. The topological polar surface area (TPSA) is 74.4 Å². The summed E-state index contributed by atoms with van der Waals surface area (Å²) in [5, 5.41) is 6.70. The van der Waals surface area contributed by atoms with E-state index < -0.39 is 0 Å². The van der Waals surface area contributed by atoms with E-state index in [1.165, 1.54) is 0 Å². The zero-order valence-corrected chi connectivity index (χ0v) is 17.6. The first-order chi connectivity index (χ1) is 15.7. The third-order valence-corrected chi connectivity index (χ3v) is 4.80. The molecule has 1 amide bonds. The van der Waals surface area contributed by atoms with Gasteiger partial charge in [0.2, 0.25) is 0 Å². The van der Waals surface area contributed by atoms with Gasteiger partial charge in [-0.3, -0.25) is 15.6 Å². The number of rotatable bonds is 8. The number of hydrazine groups is 1. The fourth-order valence-electron chi connectivity index (χ4n) is 3.14. The normalized spacial score (nSPS) is 10.2. The summed E-state index contributed by atoms with van der Waals surface area (Å²) in [5.41, 5.74) is 10.7. The molecule has 4 aromatic carbocycles. The summed E-state index contributed by atoms with van der Waals surface area (Å²) in [6.07, 6.45) is 0. The molecule has 4 rings (SSSR count). The number of methoxy groups -OCH3 is 1. The van der Waals surface area contributed by atoms with Crippen molar-refractivity contribution in [3.8, 4) is 5.75 Å². The van der Waals surface area contributed by atoms with Crippen molar-refractivity contribution in [1.82, 2.24) is 5.43 Å². The van der Waals surface area contributed by atoms with E-state index >= 15 is 0 Å². The molecule has 0 aliphatic rings. The van der Waals surface area contributed by atoms with Crippen LogP contribution in [0.2, 0.25) is 0 Å². The molecular formula is C26H24N4O2. The predicted octanol–water partition coefficient (Wildman–Crippen LogP) is 5.94. The van der Waals surface area contributed by atoms with Gasteiger partial charge in [0.15, 0.2) is 0 Å². The van der Waals surface area contributed by atoms with Crippen LogP contribution in [-0.2, 0) is 0 Å². The molecule has 0 aromatic heterocycles. The first-order valence-corrected chi connectivity index (χ1v) is 10.2. The van der Waals surface area contributed by atoms with E-state index in [9.17, 15) is 4.79 Å². The molecule has 4 aromatic rings. The molecule has 0 bridgehead atoms. The fourth-order valence-corrected chi connectivity index (χ4v) is 3.14. The van der Waals surface area contributed by atoms with Gasteiger partial charge in [0.05, 0.1) is 12.8 Å². The van der Waals surface area contributed by atoms with Crippen molar-refractivity contribution in [3.63, 3.8) is 0 Å². The lowest BCUT2D eigenvalue weighted by molar-refractivity contribution is 0.0962. The average molecular weight is 425 g/mol. The Bertz CT molecular complexity index is 1160. The minimum absolute atomic E-state index is 0.237. The second-order valence-corrected chi connectivity index (χ2v) is 7.05. The van der Waals surface area contributed by atoms with E-state index in [2.05, 4.69) is 21.5 Å². The number of nitrogens with one attached hydrogen (secondary N) is 4. The molecule has 4 N–H and O–H groups in total. The molecule has 6 heteroatoms. The standard InChI is InChI=1S/C26H24N4O2/c1-32-25-10-6-5-9-24(25)29-30-26(31)19-11-13-21(14-12-19)28-23-17-15-22(16-18-23)27-20-7-3-2-4-8-20/h2-18,27-29H,1H3,(H,30,31). The summed E-state index contributed by atoms with van der Waals surface area (Å²) >= 11 is 0. The lowest BCUT2D eigenvalue weighted by atomic mass is 10.2. The number of anilines is 5. The number of hydrogen-bond donors (Lipinski definition) is 4. The Hall–Kier alpha value is -4.45. The monoisotopic (exact) mass is 424 g/mol. The summed E-state index contributed by atoms with van der Waals surface area (Å²) < 4.78 is 5.27. The van der Waals surface area contributed by atoms with E-state index in [0.717, 1.165) is 22.7 Å². The number of hydrogen-bond acceptors (Lipinski definition) is 5. The van der Waals surface area contributed by atoms with Crippen LogP contribution in [0.15, 0.2) is 103 Å². The molecule has 0 aliphatic heterocycles. The molecule has 160 valence electrons. The minimum Gasteiger partial charge on any atom is -0.495 e. The van der Waals surface area contributed by atoms with Crippen molar-refractivity contribution in [3.05, 3.63) is 109 Å². The van der Waals surface area contributed by atoms with E-state index in [-0.39, 0.29) is 5.91 Å². The highest BCUT2D eigenvalue weighted by Crippen LogP contribution is 2.23. The highest BCUT2D eigenvalue weighted by atomic mass is 16.5. The maximum Gasteiger partial charge on any atom is 0.269 e. The van der Waals surface area contributed by atoms with Crippen molar-refractivity contribution in [1.29, 1.82) is 0 Å². The van der Waals surface area contributed by atoms with Gasteiger partial charge < -0.3 is 15.4 Å². The summed E-state index contributed by atoms with van der Waals surface area (Å²) in [4.78, 5) is 12.4. The van der Waals surface area contributed by atoms with Crippen molar-refractivity contribution < 1.29 is 9.53 Å². The summed E-state index contributed by atoms with van der Waals surface area (Å²) in [7, 11) is 1.58. The van der Waals surface area contributed by atoms with Crippen LogP contribution >= 0.6 is 0 Å². The van der Waals surface area contributed by atoms with Gasteiger partial charge in [-0.15, -0.1) is 0 Å². The number of amides is 1. The molecule has 6 nitrogen and oxygen atoms in total. The summed E-state index contributed by atoms with van der Waals surface area (Å²) in [5.74, 6) is 0.413. The SMILES string of the molecule is COc1ccccc1NNC(=O)c1ccc(Nc2ccc(Nc3ccccc3)cc2)cc1. The molecule has 0 heterocycles. The average Bonchev–Trinajstić information content (AvgIpc) is 2.85. The second-order valence-electron chi connectivity index (χ2n) is 7.05. The van der Waals surface area contributed by atoms with Gasteiger partial charge in [0.25, 0.3) is 5.91 Å². The summed E-state index contributed by atoms with van der Waals surface area (Å²) in [6.45, 7) is 0. The largest absolute Gasteiger partial charge is 0.495 e. The number of carbonyl (C=O) groups excluding carboxylic acids is 1. The Morgan fingerprint density at radius 1 is 0.625 bits per heavy atom. The van der Waals surface area contributed by atoms with Gasteiger partial charge in [-0.25, -0.2) is 0 Å². The van der Waals surface area contributed by atoms with Gasteiger partial charge in [-0.1, -0.05) is 30.3 Å². The molecule has 0 radical (unpaired) electrons. The minimum atomic E-state index is -0.237. The van der Waals surface area contributed by atoms with E-state index in [0.29, 0.717) is 17.0 Å². The van der Waals surface area contributed by atoms with Gasteiger partial charge in [-0.05, 0) is 72.8 Å². The highest BCUT2D eigenvalue weighted by molar-refractivity contribution is 5.95. The van der Waals surface area contributed by atoms with Crippen LogP contribution in [0.5, 0.6) is 5.75 Å². The Morgan fingerprint density at radius 2 is 1.12 bits per heavy atom. The fraction of sp³-hybridized carbons (Fsp3) is 0.0385. The maximum atomic E-state index is 12.4. The molecule has 32 heavy (non-hydrogen) atoms. The van der Waals surface area contributed by atoms with Crippen molar-refractivity contribution >= 4 is 34.3 Å². The lowest BCUT2D eigenvalue weighted by Gasteiger charge is -2.12. The van der Waals surface area contributed by atoms with Crippen LogP contribution < -0.4 is 26.2 Å². The van der Waals surface area contributed by atoms with Crippen molar-refractivity contribution in [2.45, 2.75) is 0 Å². The number of ether oxygens (including phenoxy) is 1. The van der Waals surface area contributed by atoms with Gasteiger partial charge in [0.1, 0.15) is 5.75 Å². The third-order valence-electron chi connectivity index (χ3n) is 4.80. The number of carbonyl (C=O) groups is 1. The Labute approximate surface area is 187 Å². The number of benzene rings is 4. The van der Waals surface area contributed by atoms with Crippen LogP contribution in [-0.4, -0.2) is 13.0 Å². The van der Waals surface area contributed by atoms with Crippen LogP contribution in [0.1, 0.15) is 10.4 Å². The van der Waals surface area contributed by atoms with Crippen LogP contribution in [0.25, 0.3) is 0 Å². The van der Waals surface area contributed by atoms with Crippen LogP contribution in [0, 0.1) is 0 Å². The van der Waals surface area contributed by atoms with E-state index in [1.54, 1.807) is 19.2 Å². The van der Waals surface area contributed by atoms with Gasteiger partial charge in [0, 0.05) is 28.3 Å². The van der Waals surface area contributed by atoms with Crippen molar-refractivity contribution in [2.75, 3.05) is 23.2 Å². The Balaban J connectivity index is 1.32. The smallest absolute Gasteiger partial charge is 0.269 e. The van der Waals surface area contributed by atoms with Crippen molar-refractivity contribution in [2.24, 2.45) is 0 Å². The van der Waals surface area contributed by atoms with Crippen LogP contribution in [0.4, 0.5) is 28.4 Å². The molecular weight excluding hydrogens is 400 g/mol. The van der Waals surface area contributed by atoms with Gasteiger partial charge in [-0.2, -0.15) is 0 Å². The first kappa shape index (κ1) is 20.8. The number of para-hydroxylation sites is 3. The lowest BCUT2D eigenvalue weighted by Crippen LogP contribution is -2.29. The third kappa shape index (κ3) is 5.37. The maximum absolute atomic E-state index is 12.4. The van der Waals surface area contributed by atoms with Crippen LogP contribution in [0.3, 0.4) is 0 Å². The zero-order valence-electron chi connectivity index (χ0n) is 17.6. The predicted molar refractivity (Wildman–Crippen MR) is 130 cm³/mol. The molecule has 0 atom stereocenters. The second kappa shape index (κ2) is 10.0. The first-order valence-electron chi connectivity index (χ1n) is 10.2.